The van der Waals surface area contributed by atoms with Crippen LogP contribution in [-0.4, -0.2) is 44.3 Å². The number of nitrogens with two attached hydrogens (primary N) is 1. The Labute approximate surface area is 161 Å². The predicted octanol–water partition coefficient (Wildman–Crippen LogP) is 1.56. The third kappa shape index (κ3) is 6.95. The summed E-state index contributed by atoms with van der Waals surface area (Å²) in [5.74, 6) is -0.0529. The van der Waals surface area contributed by atoms with Gasteiger partial charge in [0.1, 0.15) is 0 Å². The number of benzene rings is 1. The molecule has 1 aromatic rings. The Hall–Kier alpha value is -1.93. The summed E-state index contributed by atoms with van der Waals surface area (Å²) in [7, 11) is -3.69. The predicted molar refractivity (Wildman–Crippen MR) is 103 cm³/mol. The van der Waals surface area contributed by atoms with Gasteiger partial charge in [-0.2, -0.15) is 0 Å². The largest absolute Gasteiger partial charge is 0.356 e. The molecule has 2 amide bonds. The second kappa shape index (κ2) is 9.85. The van der Waals surface area contributed by atoms with Crippen molar-refractivity contribution in [2.45, 2.75) is 62.8 Å². The highest BCUT2D eigenvalue weighted by molar-refractivity contribution is 7.89. The number of nitrogens with zero attached hydrogens (tertiary/aromatic N) is 1. The number of sulfonamides is 1. The third-order valence-corrected chi connectivity index (χ3v) is 5.92. The minimum absolute atomic E-state index is 0.0321. The number of carbonyl (C=O) groups is 2. The molecule has 1 aliphatic rings. The molecule has 1 saturated carbocycles. The van der Waals surface area contributed by atoms with Crippen LogP contribution >= 0.6 is 0 Å². The molecule has 7 nitrogen and oxygen atoms in total. The van der Waals surface area contributed by atoms with Gasteiger partial charge in [0.05, 0.1) is 4.90 Å². The molecule has 1 aliphatic carbocycles. The molecule has 0 heterocycles. The summed E-state index contributed by atoms with van der Waals surface area (Å²) in [4.78, 5) is 25.9. The van der Waals surface area contributed by atoms with E-state index in [-0.39, 0.29) is 22.8 Å². The van der Waals surface area contributed by atoms with Gasteiger partial charge in [0.25, 0.3) is 0 Å². The number of nitrogens with one attached hydrogen (secondary N) is 1. The standard InChI is InChI=1S/C19H29N3O4S/c1-15(23)22(17-5-3-2-4-6-17)14-12-19(24)21-13-11-16-7-9-18(10-8-16)27(20,25)26/h7-10,17H,2-6,11-14H2,1H3,(H,21,24)(H2,20,25,26). The Balaban J connectivity index is 1.74. The lowest BCUT2D eigenvalue weighted by atomic mass is 9.94. The van der Waals surface area contributed by atoms with Gasteiger partial charge in [0, 0.05) is 32.5 Å². The van der Waals surface area contributed by atoms with Crippen molar-refractivity contribution >= 4 is 21.8 Å². The van der Waals surface area contributed by atoms with Gasteiger partial charge in [0.15, 0.2) is 0 Å². The van der Waals surface area contributed by atoms with E-state index in [1.54, 1.807) is 19.1 Å². The Morgan fingerprint density at radius 1 is 1.15 bits per heavy atom. The zero-order chi connectivity index (χ0) is 19.9. The molecule has 150 valence electrons. The number of hydrogen-bond acceptors (Lipinski definition) is 4. The molecule has 0 spiro atoms. The molecule has 0 saturated heterocycles. The van der Waals surface area contributed by atoms with E-state index in [1.165, 1.54) is 18.6 Å². The molecular weight excluding hydrogens is 366 g/mol. The second-order valence-corrected chi connectivity index (χ2v) is 8.60. The highest BCUT2D eigenvalue weighted by atomic mass is 32.2. The van der Waals surface area contributed by atoms with Crippen molar-refractivity contribution in [2.24, 2.45) is 5.14 Å². The van der Waals surface area contributed by atoms with Crippen LogP contribution in [0.4, 0.5) is 0 Å². The molecule has 0 atom stereocenters. The summed E-state index contributed by atoms with van der Waals surface area (Å²) in [6, 6.07) is 6.56. The second-order valence-electron chi connectivity index (χ2n) is 7.04. The van der Waals surface area contributed by atoms with Crippen LogP contribution in [0, 0.1) is 0 Å². The monoisotopic (exact) mass is 395 g/mol. The maximum absolute atomic E-state index is 12.1. The maximum atomic E-state index is 12.1. The van der Waals surface area contributed by atoms with Gasteiger partial charge in [-0.05, 0) is 37.0 Å². The summed E-state index contributed by atoms with van der Waals surface area (Å²) < 4.78 is 22.5. The molecule has 3 N–H and O–H groups in total. The van der Waals surface area contributed by atoms with Crippen molar-refractivity contribution in [3.05, 3.63) is 29.8 Å². The highest BCUT2D eigenvalue weighted by Gasteiger charge is 2.23. The van der Waals surface area contributed by atoms with E-state index in [0.29, 0.717) is 25.9 Å². The van der Waals surface area contributed by atoms with Gasteiger partial charge in [-0.25, -0.2) is 13.6 Å². The Kier molecular flexibility index (Phi) is 7.79. The van der Waals surface area contributed by atoms with Crippen LogP contribution in [0.2, 0.25) is 0 Å². The number of primary sulfonamides is 1. The van der Waals surface area contributed by atoms with Gasteiger partial charge in [-0.3, -0.25) is 9.59 Å². The van der Waals surface area contributed by atoms with Crippen molar-refractivity contribution in [1.82, 2.24) is 10.2 Å². The van der Waals surface area contributed by atoms with Crippen molar-refractivity contribution in [2.75, 3.05) is 13.1 Å². The van der Waals surface area contributed by atoms with Gasteiger partial charge >= 0.3 is 0 Å². The maximum Gasteiger partial charge on any atom is 0.238 e. The first-order valence-electron chi connectivity index (χ1n) is 9.43. The quantitative estimate of drug-likeness (QED) is 0.696. The zero-order valence-electron chi connectivity index (χ0n) is 15.8. The Morgan fingerprint density at radius 2 is 1.78 bits per heavy atom. The average Bonchev–Trinajstić information content (AvgIpc) is 2.62. The van der Waals surface area contributed by atoms with Gasteiger partial charge < -0.3 is 10.2 Å². The fraction of sp³-hybridized carbons (Fsp3) is 0.579. The van der Waals surface area contributed by atoms with Crippen molar-refractivity contribution in [3.63, 3.8) is 0 Å². The summed E-state index contributed by atoms with van der Waals surface area (Å²) in [5, 5.41) is 7.92. The van der Waals surface area contributed by atoms with Crippen LogP contribution in [0.5, 0.6) is 0 Å². The van der Waals surface area contributed by atoms with E-state index in [2.05, 4.69) is 5.32 Å². The molecule has 0 aliphatic heterocycles. The molecule has 0 bridgehead atoms. The van der Waals surface area contributed by atoms with Crippen LogP contribution in [-0.2, 0) is 26.0 Å². The molecule has 1 fully saturated rings. The number of rotatable bonds is 8. The van der Waals surface area contributed by atoms with E-state index in [0.717, 1.165) is 31.2 Å². The summed E-state index contributed by atoms with van der Waals surface area (Å²) in [6.45, 7) is 2.48. The van der Waals surface area contributed by atoms with Crippen LogP contribution < -0.4 is 10.5 Å². The topological polar surface area (TPSA) is 110 Å². The highest BCUT2D eigenvalue weighted by Crippen LogP contribution is 2.22. The first-order chi connectivity index (χ1) is 12.8. The molecule has 8 heteroatoms. The van der Waals surface area contributed by atoms with Gasteiger partial charge in [-0.1, -0.05) is 31.4 Å². The molecule has 0 unspecified atom stereocenters. The van der Waals surface area contributed by atoms with E-state index >= 15 is 0 Å². The lowest BCUT2D eigenvalue weighted by Crippen LogP contribution is -2.42. The number of carbonyl (C=O) groups excluding carboxylic acids is 2. The van der Waals surface area contributed by atoms with Gasteiger partial charge in [-0.15, -0.1) is 0 Å². The van der Waals surface area contributed by atoms with Crippen molar-refractivity contribution in [1.29, 1.82) is 0 Å². The average molecular weight is 396 g/mol. The van der Waals surface area contributed by atoms with E-state index in [4.69, 9.17) is 5.14 Å². The lowest BCUT2D eigenvalue weighted by molar-refractivity contribution is -0.132. The summed E-state index contributed by atoms with van der Waals surface area (Å²) >= 11 is 0. The fourth-order valence-corrected chi connectivity index (χ4v) is 4.01. The van der Waals surface area contributed by atoms with Gasteiger partial charge in [0.2, 0.25) is 21.8 Å². The molecule has 1 aromatic carbocycles. The fourth-order valence-electron chi connectivity index (χ4n) is 3.49. The zero-order valence-corrected chi connectivity index (χ0v) is 16.6. The minimum atomic E-state index is -3.69. The van der Waals surface area contributed by atoms with Crippen LogP contribution in [0.25, 0.3) is 0 Å². The molecule has 2 rings (SSSR count). The van der Waals surface area contributed by atoms with Crippen LogP contribution in [0.15, 0.2) is 29.2 Å². The first kappa shape index (κ1) is 21.4. The Morgan fingerprint density at radius 3 is 2.33 bits per heavy atom. The van der Waals surface area contributed by atoms with E-state index in [9.17, 15) is 18.0 Å². The lowest BCUT2D eigenvalue weighted by Gasteiger charge is -2.33. The SMILES string of the molecule is CC(=O)N(CCC(=O)NCCc1ccc(S(N)(=O)=O)cc1)C1CCCCC1. The van der Waals surface area contributed by atoms with Crippen LogP contribution in [0.1, 0.15) is 51.0 Å². The number of hydrogen-bond donors (Lipinski definition) is 2. The molecular formula is C19H29N3O4S. The summed E-state index contributed by atoms with van der Waals surface area (Å²) in [5.41, 5.74) is 0.912. The number of amides is 2. The smallest absolute Gasteiger partial charge is 0.238 e. The van der Waals surface area contributed by atoms with Crippen LogP contribution in [0.3, 0.4) is 0 Å². The normalized spacial score (nSPS) is 15.3. The van der Waals surface area contributed by atoms with Crippen molar-refractivity contribution < 1.29 is 18.0 Å². The molecule has 0 radical (unpaired) electrons. The summed E-state index contributed by atoms with van der Waals surface area (Å²) in [6.07, 6.45) is 6.44. The van der Waals surface area contributed by atoms with E-state index in [1.807, 2.05) is 4.90 Å². The first-order valence-corrected chi connectivity index (χ1v) is 11.0. The molecule has 0 aromatic heterocycles. The molecule has 27 heavy (non-hydrogen) atoms. The minimum Gasteiger partial charge on any atom is -0.356 e. The third-order valence-electron chi connectivity index (χ3n) is 4.99. The Bertz CT molecular complexity index is 741. The van der Waals surface area contributed by atoms with Crippen molar-refractivity contribution in [3.8, 4) is 0 Å². The van der Waals surface area contributed by atoms with E-state index < -0.39 is 10.0 Å².